The first-order chi connectivity index (χ1) is 12.1. The molecule has 25 heavy (non-hydrogen) atoms. The van der Waals surface area contributed by atoms with E-state index < -0.39 is 0 Å². The van der Waals surface area contributed by atoms with Gasteiger partial charge in [0.05, 0.1) is 0 Å². The molecule has 0 saturated carbocycles. The van der Waals surface area contributed by atoms with Crippen LogP contribution >= 0.6 is 0 Å². The van der Waals surface area contributed by atoms with Gasteiger partial charge in [0.15, 0.2) is 5.82 Å². The monoisotopic (exact) mass is 338 g/mol. The van der Waals surface area contributed by atoms with Gasteiger partial charge in [-0.15, -0.1) is 0 Å². The second-order valence-electron chi connectivity index (χ2n) is 5.89. The third-order valence-corrected chi connectivity index (χ3v) is 4.07. The summed E-state index contributed by atoms with van der Waals surface area (Å²) in [5, 5.41) is 4.80. The zero-order chi connectivity index (χ0) is 17.4. The third kappa shape index (κ3) is 2.96. The lowest BCUT2D eigenvalue weighted by atomic mass is 10.1. The van der Waals surface area contributed by atoms with Crippen LogP contribution in [0.2, 0.25) is 0 Å². The van der Waals surface area contributed by atoms with Crippen molar-refractivity contribution < 1.29 is 8.91 Å². The van der Waals surface area contributed by atoms with E-state index in [4.69, 9.17) is 4.52 Å². The average Bonchev–Trinajstić information content (AvgIpc) is 3.17. The first-order valence-electron chi connectivity index (χ1n) is 7.80. The third-order valence-electron chi connectivity index (χ3n) is 4.07. The lowest BCUT2D eigenvalue weighted by Crippen LogP contribution is -2.21. The number of rotatable bonds is 4. The molecule has 0 bridgehead atoms. The lowest BCUT2D eigenvalue weighted by Gasteiger charge is -2.03. The summed E-state index contributed by atoms with van der Waals surface area (Å²) in [7, 11) is 1.83. The van der Waals surface area contributed by atoms with Crippen molar-refractivity contribution in [2.75, 3.05) is 0 Å². The molecule has 0 aliphatic rings. The van der Waals surface area contributed by atoms with Gasteiger partial charge in [0.2, 0.25) is 5.89 Å². The van der Waals surface area contributed by atoms with Crippen LogP contribution in [0.5, 0.6) is 0 Å². The first-order valence-corrected chi connectivity index (χ1v) is 7.80. The van der Waals surface area contributed by atoms with Crippen LogP contribution in [-0.2, 0) is 20.0 Å². The number of halogens is 1. The molecular weight excluding hydrogens is 323 g/mol. The van der Waals surface area contributed by atoms with Gasteiger partial charge in [-0.05, 0) is 29.8 Å². The maximum atomic E-state index is 13.2. The SMILES string of the molecule is Cn1ccc2ccn(Cc3nc(Cc4cccc(F)c4)no3)c(=O)c21. The molecule has 0 aliphatic carbocycles. The summed E-state index contributed by atoms with van der Waals surface area (Å²) in [5.41, 5.74) is 1.27. The molecule has 4 aromatic rings. The Balaban J connectivity index is 1.58. The Bertz CT molecular complexity index is 1110. The molecule has 126 valence electrons. The van der Waals surface area contributed by atoms with Crippen LogP contribution < -0.4 is 5.56 Å². The molecule has 0 N–H and O–H groups in total. The molecule has 1 aromatic carbocycles. The zero-order valence-corrected chi connectivity index (χ0v) is 13.5. The Morgan fingerprint density at radius 2 is 2.04 bits per heavy atom. The Morgan fingerprint density at radius 3 is 2.88 bits per heavy atom. The minimum Gasteiger partial charge on any atom is -0.346 e. The Kier molecular flexibility index (Phi) is 3.68. The van der Waals surface area contributed by atoms with Gasteiger partial charge in [-0.1, -0.05) is 17.3 Å². The number of fused-ring (bicyclic) bond motifs is 1. The van der Waals surface area contributed by atoms with E-state index in [1.54, 1.807) is 22.9 Å². The van der Waals surface area contributed by atoms with Gasteiger partial charge in [0.25, 0.3) is 5.56 Å². The van der Waals surface area contributed by atoms with Crippen molar-refractivity contribution in [2.24, 2.45) is 7.05 Å². The van der Waals surface area contributed by atoms with E-state index >= 15 is 0 Å². The van der Waals surface area contributed by atoms with Gasteiger partial charge >= 0.3 is 0 Å². The minimum atomic E-state index is -0.302. The van der Waals surface area contributed by atoms with Crippen molar-refractivity contribution >= 4 is 10.9 Å². The highest BCUT2D eigenvalue weighted by Crippen LogP contribution is 2.11. The number of benzene rings is 1. The highest BCUT2D eigenvalue weighted by molar-refractivity contribution is 5.78. The van der Waals surface area contributed by atoms with E-state index in [0.717, 1.165) is 10.9 Å². The van der Waals surface area contributed by atoms with Crippen molar-refractivity contribution in [3.8, 4) is 0 Å². The van der Waals surface area contributed by atoms with Crippen molar-refractivity contribution in [3.05, 3.63) is 82.2 Å². The fourth-order valence-corrected chi connectivity index (χ4v) is 2.86. The topological polar surface area (TPSA) is 65.8 Å². The number of hydrogen-bond acceptors (Lipinski definition) is 4. The molecule has 0 fully saturated rings. The Labute approximate surface area is 142 Å². The van der Waals surface area contributed by atoms with Crippen molar-refractivity contribution in [3.63, 3.8) is 0 Å². The van der Waals surface area contributed by atoms with E-state index in [2.05, 4.69) is 10.1 Å². The highest BCUT2D eigenvalue weighted by atomic mass is 19.1. The van der Waals surface area contributed by atoms with Crippen LogP contribution in [0.1, 0.15) is 17.3 Å². The maximum Gasteiger partial charge on any atom is 0.275 e. The van der Waals surface area contributed by atoms with Crippen LogP contribution in [0.25, 0.3) is 10.9 Å². The van der Waals surface area contributed by atoms with E-state index in [9.17, 15) is 9.18 Å². The average molecular weight is 338 g/mol. The van der Waals surface area contributed by atoms with Gasteiger partial charge in [-0.2, -0.15) is 4.98 Å². The van der Waals surface area contributed by atoms with Gasteiger partial charge < -0.3 is 13.7 Å². The van der Waals surface area contributed by atoms with E-state index in [0.29, 0.717) is 23.7 Å². The standard InChI is InChI=1S/C18H15FN4O2/c1-22-7-5-13-6-8-23(18(24)17(13)22)11-16-20-15(21-25-16)10-12-3-2-4-14(19)9-12/h2-9H,10-11H2,1H3. The summed E-state index contributed by atoms with van der Waals surface area (Å²) in [6.07, 6.45) is 3.92. The van der Waals surface area contributed by atoms with E-state index in [1.165, 1.54) is 16.7 Å². The number of nitrogens with zero attached hydrogens (tertiary/aromatic N) is 4. The predicted molar refractivity (Wildman–Crippen MR) is 89.8 cm³/mol. The molecule has 6 nitrogen and oxygen atoms in total. The minimum absolute atomic E-state index is 0.116. The second kappa shape index (κ2) is 6.01. The lowest BCUT2D eigenvalue weighted by molar-refractivity contribution is 0.365. The van der Waals surface area contributed by atoms with Crippen molar-refractivity contribution in [1.29, 1.82) is 0 Å². The number of pyridine rings is 1. The van der Waals surface area contributed by atoms with E-state index in [1.807, 2.05) is 25.4 Å². The van der Waals surface area contributed by atoms with Crippen molar-refractivity contribution in [2.45, 2.75) is 13.0 Å². The molecule has 0 atom stereocenters. The largest absolute Gasteiger partial charge is 0.346 e. The van der Waals surface area contributed by atoms with Crippen LogP contribution in [0.4, 0.5) is 4.39 Å². The molecule has 3 heterocycles. The normalized spacial score (nSPS) is 11.3. The van der Waals surface area contributed by atoms with Crippen LogP contribution in [-0.4, -0.2) is 19.3 Å². The fourth-order valence-electron chi connectivity index (χ4n) is 2.86. The summed E-state index contributed by atoms with van der Waals surface area (Å²) < 4.78 is 21.8. The molecule has 0 radical (unpaired) electrons. The highest BCUT2D eigenvalue weighted by Gasteiger charge is 2.11. The molecule has 0 amide bonds. The summed E-state index contributed by atoms with van der Waals surface area (Å²) >= 11 is 0. The smallest absolute Gasteiger partial charge is 0.275 e. The van der Waals surface area contributed by atoms with Gasteiger partial charge in [0, 0.05) is 31.2 Å². The second-order valence-corrected chi connectivity index (χ2v) is 5.89. The van der Waals surface area contributed by atoms with Gasteiger partial charge in [-0.25, -0.2) is 4.39 Å². The summed E-state index contributed by atoms with van der Waals surface area (Å²) in [4.78, 5) is 16.9. The van der Waals surface area contributed by atoms with Crippen molar-refractivity contribution in [1.82, 2.24) is 19.3 Å². The zero-order valence-electron chi connectivity index (χ0n) is 13.5. The Hall–Kier alpha value is -3.22. The molecule has 0 saturated heterocycles. The van der Waals surface area contributed by atoms with Crippen LogP contribution in [0.3, 0.4) is 0 Å². The van der Waals surface area contributed by atoms with Crippen LogP contribution in [0.15, 0.2) is 58.1 Å². The molecule has 7 heteroatoms. The predicted octanol–water partition coefficient (Wildman–Crippen LogP) is 2.50. The van der Waals surface area contributed by atoms with E-state index in [-0.39, 0.29) is 17.9 Å². The fraction of sp³-hybridized carbons (Fsp3) is 0.167. The molecule has 4 rings (SSSR count). The molecule has 3 aromatic heterocycles. The maximum absolute atomic E-state index is 13.2. The number of aromatic nitrogens is 4. The molecule has 0 aliphatic heterocycles. The van der Waals surface area contributed by atoms with Gasteiger partial charge in [-0.3, -0.25) is 4.79 Å². The molecule has 0 unspecified atom stereocenters. The summed E-state index contributed by atoms with van der Waals surface area (Å²) in [6, 6.07) is 10.0. The summed E-state index contributed by atoms with van der Waals surface area (Å²) in [5.74, 6) is 0.485. The molecule has 0 spiro atoms. The van der Waals surface area contributed by atoms with Crippen LogP contribution in [0, 0.1) is 5.82 Å². The first kappa shape index (κ1) is 15.3. The number of hydrogen-bond donors (Lipinski definition) is 0. The summed E-state index contributed by atoms with van der Waals surface area (Å²) in [6.45, 7) is 0.191. The molecular formula is C18H15FN4O2. The quantitative estimate of drug-likeness (QED) is 0.573. The van der Waals surface area contributed by atoms with Gasteiger partial charge in [0.1, 0.15) is 17.9 Å². The number of aryl methyl sites for hydroxylation is 1. The Morgan fingerprint density at radius 1 is 1.20 bits per heavy atom.